The van der Waals surface area contributed by atoms with Crippen molar-refractivity contribution in [3.05, 3.63) is 70.3 Å². The second-order valence-electron chi connectivity index (χ2n) is 9.20. The molecule has 0 heterocycles. The van der Waals surface area contributed by atoms with Gasteiger partial charge in [0, 0.05) is 5.56 Å². The summed E-state index contributed by atoms with van der Waals surface area (Å²) < 4.78 is 12.0. The number of hydrogen-bond acceptors (Lipinski definition) is 3. The average Bonchev–Trinajstić information content (AvgIpc) is 2.62. The van der Waals surface area contributed by atoms with Gasteiger partial charge in [-0.1, -0.05) is 68.8 Å². The first-order valence-electron chi connectivity index (χ1n) is 10.0. The number of ether oxygens (including phenoxy) is 1. The van der Waals surface area contributed by atoms with Gasteiger partial charge in [0.25, 0.3) is 8.32 Å². The molecule has 0 unspecified atom stereocenters. The molecule has 156 valence electrons. The third kappa shape index (κ3) is 4.99. The van der Waals surface area contributed by atoms with Crippen molar-refractivity contribution in [2.24, 2.45) is 0 Å². The number of esters is 1. The van der Waals surface area contributed by atoms with Crippen LogP contribution in [0.5, 0.6) is 0 Å². The first-order valence-corrected chi connectivity index (χ1v) is 12.9. The molecular weight excluding hydrogens is 376 g/mol. The molecule has 0 N–H and O–H groups in total. The number of methoxy groups -OCH3 is 1. The topological polar surface area (TPSA) is 35.5 Å². The van der Waals surface area contributed by atoms with E-state index in [-0.39, 0.29) is 11.0 Å². The van der Waals surface area contributed by atoms with Crippen molar-refractivity contribution in [1.82, 2.24) is 0 Å². The lowest BCUT2D eigenvalue weighted by atomic mass is 9.91. The minimum Gasteiger partial charge on any atom is -0.543 e. The lowest BCUT2D eigenvalue weighted by Gasteiger charge is -2.38. The van der Waals surface area contributed by atoms with Crippen LogP contribution in [0.15, 0.2) is 42.5 Å². The van der Waals surface area contributed by atoms with Crippen molar-refractivity contribution >= 4 is 25.6 Å². The summed E-state index contributed by atoms with van der Waals surface area (Å²) in [5.74, 6) is 0.233. The summed E-state index contributed by atoms with van der Waals surface area (Å²) in [7, 11) is -0.790. The van der Waals surface area contributed by atoms with Crippen molar-refractivity contribution < 1.29 is 14.0 Å². The fourth-order valence-corrected chi connectivity index (χ4v) is 4.27. The van der Waals surface area contributed by atoms with E-state index in [1.54, 1.807) is 0 Å². The second-order valence-corrected chi connectivity index (χ2v) is 13.9. The van der Waals surface area contributed by atoms with Gasteiger partial charge in [-0.05, 0) is 55.6 Å². The highest BCUT2D eigenvalue weighted by Gasteiger charge is 2.41. The highest BCUT2D eigenvalue weighted by molar-refractivity contribution is 6.75. The van der Waals surface area contributed by atoms with Crippen molar-refractivity contribution in [2.75, 3.05) is 7.11 Å². The van der Waals surface area contributed by atoms with Gasteiger partial charge in [0.2, 0.25) is 0 Å². The molecule has 0 aliphatic carbocycles. The van der Waals surface area contributed by atoms with Gasteiger partial charge in [-0.15, -0.1) is 0 Å². The lowest BCUT2D eigenvalue weighted by Crippen LogP contribution is -2.40. The number of aryl methyl sites for hydroxylation is 3. The van der Waals surface area contributed by atoms with E-state index in [0.717, 1.165) is 22.3 Å². The fraction of sp³-hybridized carbons (Fsp3) is 0.400. The molecule has 0 amide bonds. The molecule has 0 spiro atoms. The van der Waals surface area contributed by atoms with E-state index >= 15 is 0 Å². The van der Waals surface area contributed by atoms with E-state index in [1.165, 1.54) is 12.7 Å². The highest BCUT2D eigenvalue weighted by Crippen LogP contribution is 2.42. The summed E-state index contributed by atoms with van der Waals surface area (Å²) in [5.41, 5.74) is 5.51. The van der Waals surface area contributed by atoms with Gasteiger partial charge < -0.3 is 9.16 Å². The summed E-state index contributed by atoms with van der Waals surface area (Å²) in [6, 6.07) is 14.1. The van der Waals surface area contributed by atoms with Gasteiger partial charge in [0.05, 0.1) is 7.11 Å². The van der Waals surface area contributed by atoms with Gasteiger partial charge >= 0.3 is 5.97 Å². The fourth-order valence-electron chi connectivity index (χ4n) is 3.24. The number of hydrogen-bond donors (Lipinski definition) is 0. The Labute approximate surface area is 176 Å². The third-order valence-corrected chi connectivity index (χ3v) is 10.1. The molecule has 4 heteroatoms. The van der Waals surface area contributed by atoms with Gasteiger partial charge in [-0.3, -0.25) is 0 Å². The summed E-state index contributed by atoms with van der Waals surface area (Å²) in [5, 5.41) is -0.00831. The minimum atomic E-state index is -2.22. The Bertz CT molecular complexity index is 896. The largest absolute Gasteiger partial charge is 0.543 e. The zero-order valence-corrected chi connectivity index (χ0v) is 20.3. The Hall–Kier alpha value is -2.33. The molecule has 0 atom stereocenters. The first kappa shape index (κ1) is 23.0. The molecule has 2 aromatic rings. The standard InChI is InChI=1S/C25H34O3Si/c1-17-15-18(2)21(19(3)16-17)22(24(26)27-7)23(20-13-11-10-12-14-20)28-29(8,9)25(4,5)6/h10-16H,1-9H3/b23-22-. The quantitative estimate of drug-likeness (QED) is 0.181. The van der Waals surface area contributed by atoms with Crippen molar-refractivity contribution in [2.45, 2.75) is 59.7 Å². The summed E-state index contributed by atoms with van der Waals surface area (Å²) in [6.45, 7) is 17.1. The molecule has 2 rings (SSSR count). The van der Waals surface area contributed by atoms with Crippen LogP contribution >= 0.6 is 0 Å². The van der Waals surface area contributed by atoms with E-state index in [4.69, 9.17) is 9.16 Å². The van der Waals surface area contributed by atoms with Crippen LogP contribution in [0.1, 0.15) is 48.6 Å². The number of rotatable bonds is 5. The molecule has 29 heavy (non-hydrogen) atoms. The van der Waals surface area contributed by atoms with Crippen LogP contribution in [0.2, 0.25) is 18.1 Å². The molecule has 0 aliphatic heterocycles. The molecule has 0 aliphatic rings. The second kappa shape index (κ2) is 8.58. The van der Waals surface area contributed by atoms with Gasteiger partial charge in [0.1, 0.15) is 11.3 Å². The van der Waals surface area contributed by atoms with Crippen LogP contribution < -0.4 is 0 Å². The Morgan fingerprint density at radius 1 is 0.931 bits per heavy atom. The van der Waals surface area contributed by atoms with E-state index in [1.807, 2.05) is 44.2 Å². The minimum absolute atomic E-state index is 0.00831. The zero-order chi connectivity index (χ0) is 22.0. The smallest absolute Gasteiger partial charge is 0.342 e. The first-order chi connectivity index (χ1) is 13.4. The number of carbonyl (C=O) groups is 1. The van der Waals surface area contributed by atoms with Crippen LogP contribution in [0.25, 0.3) is 11.3 Å². The zero-order valence-electron chi connectivity index (χ0n) is 19.3. The maximum absolute atomic E-state index is 13.1. The van der Waals surface area contributed by atoms with Gasteiger partial charge in [0.15, 0.2) is 0 Å². The summed E-state index contributed by atoms with van der Waals surface area (Å²) >= 11 is 0. The van der Waals surface area contributed by atoms with Crippen molar-refractivity contribution in [3.63, 3.8) is 0 Å². The molecule has 0 saturated heterocycles. The molecule has 2 aromatic carbocycles. The lowest BCUT2D eigenvalue weighted by molar-refractivity contribution is -0.133. The Morgan fingerprint density at radius 2 is 1.45 bits per heavy atom. The molecule has 0 bridgehead atoms. The average molecular weight is 411 g/mol. The van der Waals surface area contributed by atoms with E-state index in [9.17, 15) is 4.79 Å². The van der Waals surface area contributed by atoms with Crippen LogP contribution in [-0.4, -0.2) is 21.4 Å². The van der Waals surface area contributed by atoms with Crippen LogP contribution in [-0.2, 0) is 14.0 Å². The molecular formula is C25H34O3Si. The Kier molecular flexibility index (Phi) is 6.79. The molecule has 0 fully saturated rings. The normalized spacial score (nSPS) is 13.0. The molecule has 0 saturated carbocycles. The monoisotopic (exact) mass is 410 g/mol. The summed E-state index contributed by atoms with van der Waals surface area (Å²) in [4.78, 5) is 13.1. The molecule has 0 aromatic heterocycles. The van der Waals surface area contributed by atoms with E-state index in [0.29, 0.717) is 11.3 Å². The van der Waals surface area contributed by atoms with Crippen LogP contribution in [0.3, 0.4) is 0 Å². The van der Waals surface area contributed by atoms with Crippen LogP contribution in [0.4, 0.5) is 0 Å². The highest BCUT2D eigenvalue weighted by atomic mass is 28.4. The van der Waals surface area contributed by atoms with E-state index in [2.05, 4.69) is 52.9 Å². The molecule has 3 nitrogen and oxygen atoms in total. The maximum atomic E-state index is 13.1. The SMILES string of the molecule is COC(=O)/C(=C(\O[Si](C)(C)C(C)(C)C)c1ccccc1)c1c(C)cc(C)cc1C. The third-order valence-electron chi connectivity index (χ3n) is 5.74. The Balaban J connectivity index is 2.91. The number of benzene rings is 2. The maximum Gasteiger partial charge on any atom is 0.342 e. The Morgan fingerprint density at radius 3 is 1.90 bits per heavy atom. The predicted molar refractivity (Wildman–Crippen MR) is 124 cm³/mol. The van der Waals surface area contributed by atoms with Gasteiger partial charge in [-0.25, -0.2) is 4.79 Å². The predicted octanol–water partition coefficient (Wildman–Crippen LogP) is 6.67. The van der Waals surface area contributed by atoms with E-state index < -0.39 is 8.32 Å². The van der Waals surface area contributed by atoms with Crippen LogP contribution in [0, 0.1) is 20.8 Å². The van der Waals surface area contributed by atoms with Crippen molar-refractivity contribution in [3.8, 4) is 0 Å². The summed E-state index contributed by atoms with van der Waals surface area (Å²) in [6.07, 6.45) is 0. The van der Waals surface area contributed by atoms with Crippen molar-refractivity contribution in [1.29, 1.82) is 0 Å². The number of carbonyl (C=O) groups excluding carboxylic acids is 1. The molecule has 0 radical (unpaired) electrons. The van der Waals surface area contributed by atoms with Gasteiger partial charge in [-0.2, -0.15) is 0 Å².